The zero-order valence-electron chi connectivity index (χ0n) is 14.5. The molecular formula is C22H20N2O2. The Kier molecular flexibility index (Phi) is 3.98. The van der Waals surface area contributed by atoms with Gasteiger partial charge < -0.3 is 10.4 Å². The third-order valence-corrected chi connectivity index (χ3v) is 4.99. The Labute approximate surface area is 152 Å². The van der Waals surface area contributed by atoms with Crippen molar-refractivity contribution >= 4 is 11.6 Å². The Morgan fingerprint density at radius 2 is 1.62 bits per heavy atom. The summed E-state index contributed by atoms with van der Waals surface area (Å²) in [5.41, 5.74) is 4.47. The molecule has 130 valence electrons. The van der Waals surface area contributed by atoms with E-state index in [1.807, 2.05) is 42.5 Å². The van der Waals surface area contributed by atoms with Crippen LogP contribution < -0.4 is 10.6 Å². The summed E-state index contributed by atoms with van der Waals surface area (Å²) >= 11 is 0. The number of nitrogens with one attached hydrogen (secondary N) is 2. The molecule has 3 aromatic carbocycles. The fourth-order valence-electron chi connectivity index (χ4n) is 3.48. The van der Waals surface area contributed by atoms with Gasteiger partial charge in [0.1, 0.15) is 5.75 Å². The average molecular weight is 344 g/mol. The van der Waals surface area contributed by atoms with Crippen molar-refractivity contribution in [2.24, 2.45) is 0 Å². The molecule has 0 fully saturated rings. The summed E-state index contributed by atoms with van der Waals surface area (Å²) in [6.07, 6.45) is 0. The topological polar surface area (TPSA) is 61.4 Å². The molecule has 0 saturated heterocycles. The van der Waals surface area contributed by atoms with E-state index in [2.05, 4.69) is 35.8 Å². The summed E-state index contributed by atoms with van der Waals surface area (Å²) in [6, 6.07) is 23.3. The summed E-state index contributed by atoms with van der Waals surface area (Å²) in [6.45, 7) is 2.34. The maximum atomic E-state index is 12.2. The van der Waals surface area contributed by atoms with Crippen LogP contribution in [0.4, 0.5) is 5.69 Å². The van der Waals surface area contributed by atoms with E-state index in [9.17, 15) is 9.90 Å². The number of hydrogen-bond acceptors (Lipinski definition) is 3. The molecule has 0 aromatic heterocycles. The minimum absolute atomic E-state index is 0.0525. The number of amides is 1. The summed E-state index contributed by atoms with van der Waals surface area (Å²) in [7, 11) is 0. The van der Waals surface area contributed by atoms with Gasteiger partial charge in [0.25, 0.3) is 0 Å². The van der Waals surface area contributed by atoms with Crippen LogP contribution in [0.1, 0.15) is 18.1 Å². The molecule has 0 aliphatic carbocycles. The highest BCUT2D eigenvalue weighted by Crippen LogP contribution is 2.38. The normalized spacial score (nSPS) is 19.3. The zero-order valence-corrected chi connectivity index (χ0v) is 14.5. The molecular weight excluding hydrogens is 324 g/mol. The van der Waals surface area contributed by atoms with Crippen molar-refractivity contribution < 1.29 is 9.90 Å². The first kappa shape index (κ1) is 16.4. The van der Waals surface area contributed by atoms with Crippen molar-refractivity contribution in [1.29, 1.82) is 0 Å². The smallest absolute Gasteiger partial charge is 0.238 e. The number of rotatable bonds is 2. The second-order valence-corrected chi connectivity index (χ2v) is 6.70. The number of carbonyl (C=O) groups is 1. The van der Waals surface area contributed by atoms with Crippen LogP contribution in [0.3, 0.4) is 0 Å². The van der Waals surface area contributed by atoms with Crippen molar-refractivity contribution in [3.8, 4) is 16.9 Å². The average Bonchev–Trinajstić information content (AvgIpc) is 2.80. The van der Waals surface area contributed by atoms with Gasteiger partial charge >= 0.3 is 0 Å². The molecule has 26 heavy (non-hydrogen) atoms. The van der Waals surface area contributed by atoms with Gasteiger partial charge in [0.2, 0.25) is 5.91 Å². The fourth-order valence-corrected chi connectivity index (χ4v) is 3.48. The SMILES string of the molecule is C[C@@]1(c2ccccc2)NCC(=O)Nc2ccc(-c3ccc(O)cc3)cc21. The van der Waals surface area contributed by atoms with E-state index in [0.29, 0.717) is 0 Å². The second kappa shape index (κ2) is 6.32. The van der Waals surface area contributed by atoms with Crippen molar-refractivity contribution in [1.82, 2.24) is 5.32 Å². The number of anilines is 1. The van der Waals surface area contributed by atoms with Gasteiger partial charge in [0.15, 0.2) is 0 Å². The molecule has 3 aromatic rings. The fraction of sp³-hybridized carbons (Fsp3) is 0.136. The first-order chi connectivity index (χ1) is 12.6. The molecule has 1 aliphatic rings. The number of benzene rings is 3. The number of phenolic OH excluding ortho intramolecular Hbond substituents is 1. The van der Waals surface area contributed by atoms with Gasteiger partial charge in [-0.3, -0.25) is 10.1 Å². The molecule has 1 atom stereocenters. The van der Waals surface area contributed by atoms with Gasteiger partial charge in [-0.05, 0) is 47.9 Å². The van der Waals surface area contributed by atoms with Gasteiger partial charge in [0.05, 0.1) is 12.1 Å². The minimum Gasteiger partial charge on any atom is -0.508 e. The predicted molar refractivity (Wildman–Crippen MR) is 103 cm³/mol. The highest BCUT2D eigenvalue weighted by atomic mass is 16.3. The van der Waals surface area contributed by atoms with E-state index >= 15 is 0 Å². The van der Waals surface area contributed by atoms with Crippen LogP contribution in [0.2, 0.25) is 0 Å². The van der Waals surface area contributed by atoms with Crippen molar-refractivity contribution in [2.75, 3.05) is 11.9 Å². The highest BCUT2D eigenvalue weighted by Gasteiger charge is 2.34. The molecule has 0 saturated carbocycles. The summed E-state index contributed by atoms with van der Waals surface area (Å²) in [5, 5.41) is 15.9. The summed E-state index contributed by atoms with van der Waals surface area (Å²) < 4.78 is 0. The van der Waals surface area contributed by atoms with E-state index in [-0.39, 0.29) is 18.2 Å². The third-order valence-electron chi connectivity index (χ3n) is 4.99. The molecule has 0 unspecified atom stereocenters. The Morgan fingerprint density at radius 1 is 0.923 bits per heavy atom. The molecule has 4 nitrogen and oxygen atoms in total. The third kappa shape index (κ3) is 2.85. The predicted octanol–water partition coefficient (Wildman–Crippen LogP) is 3.86. The monoisotopic (exact) mass is 344 g/mol. The Hall–Kier alpha value is -3.11. The molecule has 1 aliphatic heterocycles. The van der Waals surface area contributed by atoms with Crippen molar-refractivity contribution in [3.63, 3.8) is 0 Å². The molecule has 1 heterocycles. The Morgan fingerprint density at radius 3 is 2.35 bits per heavy atom. The van der Waals surface area contributed by atoms with Gasteiger partial charge in [-0.15, -0.1) is 0 Å². The van der Waals surface area contributed by atoms with Crippen LogP contribution in [0, 0.1) is 0 Å². The number of fused-ring (bicyclic) bond motifs is 1. The number of carbonyl (C=O) groups excluding carboxylic acids is 1. The number of phenols is 1. The zero-order chi connectivity index (χ0) is 18.1. The molecule has 1 amide bonds. The van der Waals surface area contributed by atoms with Crippen LogP contribution in [0.5, 0.6) is 5.75 Å². The van der Waals surface area contributed by atoms with E-state index in [4.69, 9.17) is 0 Å². The molecule has 0 radical (unpaired) electrons. The van der Waals surface area contributed by atoms with Gasteiger partial charge in [-0.1, -0.05) is 48.5 Å². The lowest BCUT2D eigenvalue weighted by atomic mass is 9.82. The molecule has 0 bridgehead atoms. The van der Waals surface area contributed by atoms with E-state index < -0.39 is 5.54 Å². The van der Waals surface area contributed by atoms with Crippen LogP contribution in [0.25, 0.3) is 11.1 Å². The molecule has 4 rings (SSSR count). The number of hydrogen-bond donors (Lipinski definition) is 3. The molecule has 0 spiro atoms. The first-order valence-electron chi connectivity index (χ1n) is 8.60. The van der Waals surface area contributed by atoms with Crippen molar-refractivity contribution in [3.05, 3.63) is 83.9 Å². The van der Waals surface area contributed by atoms with Gasteiger partial charge in [-0.25, -0.2) is 0 Å². The quantitative estimate of drug-likeness (QED) is 0.661. The number of aromatic hydroxyl groups is 1. The lowest BCUT2D eigenvalue weighted by Gasteiger charge is -2.32. The van der Waals surface area contributed by atoms with Crippen LogP contribution >= 0.6 is 0 Å². The van der Waals surface area contributed by atoms with Crippen LogP contribution in [0.15, 0.2) is 72.8 Å². The lowest BCUT2D eigenvalue weighted by Crippen LogP contribution is -2.42. The molecule has 3 N–H and O–H groups in total. The highest BCUT2D eigenvalue weighted by molar-refractivity contribution is 5.95. The first-order valence-corrected chi connectivity index (χ1v) is 8.60. The Bertz CT molecular complexity index is 952. The Balaban J connectivity index is 1.89. The van der Waals surface area contributed by atoms with E-state index in [0.717, 1.165) is 27.9 Å². The summed E-state index contributed by atoms with van der Waals surface area (Å²) in [5.74, 6) is 0.190. The van der Waals surface area contributed by atoms with E-state index in [1.165, 1.54) is 0 Å². The maximum Gasteiger partial charge on any atom is 0.238 e. The van der Waals surface area contributed by atoms with Gasteiger partial charge in [-0.2, -0.15) is 0 Å². The molecule has 4 heteroatoms. The second-order valence-electron chi connectivity index (χ2n) is 6.70. The van der Waals surface area contributed by atoms with Crippen molar-refractivity contribution in [2.45, 2.75) is 12.5 Å². The minimum atomic E-state index is -0.497. The van der Waals surface area contributed by atoms with Gasteiger partial charge in [0, 0.05) is 11.3 Å². The summed E-state index contributed by atoms with van der Waals surface area (Å²) in [4.78, 5) is 12.2. The largest absolute Gasteiger partial charge is 0.508 e. The maximum absolute atomic E-state index is 12.2. The lowest BCUT2D eigenvalue weighted by molar-refractivity contribution is -0.115. The van der Waals surface area contributed by atoms with Crippen LogP contribution in [-0.4, -0.2) is 17.6 Å². The van der Waals surface area contributed by atoms with E-state index in [1.54, 1.807) is 12.1 Å². The van der Waals surface area contributed by atoms with Crippen LogP contribution in [-0.2, 0) is 10.3 Å². The standard InChI is InChI=1S/C22H20N2O2/c1-22(17-5-3-2-4-6-17)19-13-16(15-7-10-18(25)11-8-15)9-12-20(19)24-21(26)14-23-22/h2-13,23,25H,14H2,1H3,(H,24,26)/t22-/m0/s1.